The molecule has 0 N–H and O–H groups in total. The molecule has 0 amide bonds. The van der Waals surface area contributed by atoms with Crippen LogP contribution in [0.3, 0.4) is 0 Å². The van der Waals surface area contributed by atoms with Gasteiger partial charge in [0.1, 0.15) is 0 Å². The molecule has 0 saturated heterocycles. The molecule has 0 spiro atoms. The Morgan fingerprint density at radius 2 is 2.25 bits per heavy atom. The molecular weight excluding hydrogens is 142 g/mol. The Morgan fingerprint density at radius 3 is 2.25 bits per heavy atom. The molecule has 0 saturated carbocycles. The number of rotatable bonds is 1. The Morgan fingerprint density at radius 1 is 2.00 bits per heavy atom. The van der Waals surface area contributed by atoms with Gasteiger partial charge in [0.05, 0.1) is 0 Å². The van der Waals surface area contributed by atoms with Crippen molar-refractivity contribution in [1.82, 2.24) is 0 Å². The van der Waals surface area contributed by atoms with Crippen LogP contribution in [-0.2, 0) is 4.12 Å². The van der Waals surface area contributed by atoms with E-state index in [4.69, 9.17) is 4.12 Å². The van der Waals surface area contributed by atoms with E-state index >= 15 is 0 Å². The quantitative estimate of drug-likeness (QED) is 0.371. The topological polar surface area (TPSA) is 9.23 Å². The fraction of sp³-hybridized carbons (Fsp3) is 0. The molecule has 22 valence electrons. The molecule has 0 unspecified atom stereocenters. The standard InChI is InChI=1S/Ga.H5OSi2/c;2-1-3/h;2H2,3H3. The molecular formula is H5GaOSi2. The zero-order valence-electron chi connectivity index (χ0n) is 2.69. The van der Waals surface area contributed by atoms with Gasteiger partial charge in [-0.3, -0.25) is 0 Å². The van der Waals surface area contributed by atoms with Gasteiger partial charge in [-0.1, -0.05) is 0 Å². The summed E-state index contributed by atoms with van der Waals surface area (Å²) in [5.74, 6) is 0. The van der Waals surface area contributed by atoms with Crippen molar-refractivity contribution in [1.29, 1.82) is 0 Å². The molecule has 0 heterocycles. The summed E-state index contributed by atoms with van der Waals surface area (Å²) in [6.45, 7) is 0. The van der Waals surface area contributed by atoms with E-state index in [0.717, 1.165) is 10.5 Å². The van der Waals surface area contributed by atoms with Gasteiger partial charge in [-0.2, -0.15) is 0 Å². The second-order valence-corrected chi connectivity index (χ2v) is 5.20. The van der Waals surface area contributed by atoms with Gasteiger partial charge in [-0.15, -0.1) is 0 Å². The second kappa shape index (κ2) is 4.03. The van der Waals surface area contributed by atoms with E-state index in [0.29, 0.717) is 0 Å². The van der Waals surface area contributed by atoms with Crippen molar-refractivity contribution in [3.05, 3.63) is 0 Å². The van der Waals surface area contributed by atoms with Gasteiger partial charge in [0.2, 0.25) is 0 Å². The van der Waals surface area contributed by atoms with E-state index in [-0.39, 0.29) is 7.94 Å². The summed E-state index contributed by atoms with van der Waals surface area (Å²) in [7, 11) is 1.02. The van der Waals surface area contributed by atoms with Crippen molar-refractivity contribution in [2.45, 2.75) is 0 Å². The average Bonchev–Trinajstić information content (AvgIpc) is 1.37. The zero-order valence-corrected chi connectivity index (χ0v) is 8.53. The third kappa shape index (κ3) is 3.03. The Hall–Kier alpha value is 1.03. The molecule has 0 aliphatic heterocycles. The second-order valence-electron chi connectivity index (χ2n) is 0.455. The average molecular weight is 147 g/mol. The predicted octanol–water partition coefficient (Wildman–Crippen LogP) is -2.55. The molecule has 0 aromatic rings. The summed E-state index contributed by atoms with van der Waals surface area (Å²) in [6.07, 6.45) is 0. The fourth-order valence-corrected chi connectivity index (χ4v) is 0. The van der Waals surface area contributed by atoms with Gasteiger partial charge in [0.15, 0.2) is 0 Å². The molecule has 0 aromatic carbocycles. The van der Waals surface area contributed by atoms with E-state index < -0.39 is 0 Å². The monoisotopic (exact) mass is 146 g/mol. The maximum absolute atomic E-state index is 4.85. The van der Waals surface area contributed by atoms with E-state index in [1.165, 1.54) is 0 Å². The van der Waals surface area contributed by atoms with Gasteiger partial charge in [0.25, 0.3) is 0 Å². The molecule has 2 radical (unpaired) electrons. The van der Waals surface area contributed by atoms with Crippen LogP contribution in [0.1, 0.15) is 0 Å². The first-order valence-electron chi connectivity index (χ1n) is 1.11. The Bertz CT molecular complexity index is 8.00. The van der Waals surface area contributed by atoms with Crippen LogP contribution in [0.15, 0.2) is 0 Å². The van der Waals surface area contributed by atoms with Crippen LogP contribution in [0.2, 0.25) is 0 Å². The fourth-order valence-electron chi connectivity index (χ4n) is 0. The summed E-state index contributed by atoms with van der Waals surface area (Å²) >= 11 is 1.78. The van der Waals surface area contributed by atoms with Gasteiger partial charge in [-0.25, -0.2) is 0 Å². The van der Waals surface area contributed by atoms with Gasteiger partial charge < -0.3 is 0 Å². The van der Waals surface area contributed by atoms with Crippen molar-refractivity contribution in [2.75, 3.05) is 0 Å². The molecule has 4 heteroatoms. The minimum atomic E-state index is 0.0486. The molecule has 0 atom stereocenters. The third-order valence-electron chi connectivity index (χ3n) is 0.167. The van der Waals surface area contributed by atoms with Crippen molar-refractivity contribution >= 4 is 36.3 Å². The summed E-state index contributed by atoms with van der Waals surface area (Å²) in [6, 6.07) is 0. The van der Waals surface area contributed by atoms with Gasteiger partial charge >= 0.3 is 40.4 Å². The van der Waals surface area contributed by atoms with Crippen LogP contribution in [0, 0.1) is 0 Å². The van der Waals surface area contributed by atoms with Crippen LogP contribution >= 0.6 is 0 Å². The Kier molecular flexibility index (Phi) is 5.07. The summed E-state index contributed by atoms with van der Waals surface area (Å²) in [5.41, 5.74) is 0. The van der Waals surface area contributed by atoms with Crippen LogP contribution in [-0.4, -0.2) is 36.3 Å². The molecule has 0 fully saturated rings. The van der Waals surface area contributed by atoms with Crippen molar-refractivity contribution in [3.8, 4) is 0 Å². The van der Waals surface area contributed by atoms with E-state index in [9.17, 15) is 0 Å². The van der Waals surface area contributed by atoms with E-state index in [1.807, 2.05) is 0 Å². The zero-order chi connectivity index (χ0) is 3.41. The van der Waals surface area contributed by atoms with Crippen molar-refractivity contribution in [2.24, 2.45) is 0 Å². The third-order valence-corrected chi connectivity index (χ3v) is 7.79. The molecule has 1 nitrogen and oxygen atoms in total. The first-order chi connectivity index (χ1) is 1.91. The molecule has 0 aliphatic rings. The molecule has 0 aromatic heterocycles. The SMILES string of the molecule is [SiH3]O[SiH2][Ga]. The first kappa shape index (κ1) is 5.03. The minimum absolute atomic E-state index is 0.0486. The number of hydrogen-bond acceptors (Lipinski definition) is 1. The van der Waals surface area contributed by atoms with Crippen LogP contribution in [0.25, 0.3) is 0 Å². The predicted molar refractivity (Wildman–Crippen MR) is 25.3 cm³/mol. The first-order valence-corrected chi connectivity index (χ1v) is 8.45. The van der Waals surface area contributed by atoms with Crippen LogP contribution in [0.5, 0.6) is 0 Å². The molecule has 0 rings (SSSR count). The van der Waals surface area contributed by atoms with Crippen molar-refractivity contribution in [3.63, 3.8) is 0 Å². The van der Waals surface area contributed by atoms with Crippen LogP contribution < -0.4 is 0 Å². The molecule has 0 bridgehead atoms. The summed E-state index contributed by atoms with van der Waals surface area (Å²) in [5, 5.41) is 0. The van der Waals surface area contributed by atoms with E-state index in [2.05, 4.69) is 0 Å². The summed E-state index contributed by atoms with van der Waals surface area (Å²) < 4.78 is 4.85. The maximum atomic E-state index is 4.85. The Balaban J connectivity index is 1.97. The van der Waals surface area contributed by atoms with Crippen molar-refractivity contribution < 1.29 is 4.12 Å². The molecule has 4 heavy (non-hydrogen) atoms. The Labute approximate surface area is 40.8 Å². The van der Waals surface area contributed by atoms with Gasteiger partial charge in [0, 0.05) is 0 Å². The molecule has 0 aliphatic carbocycles. The number of hydrogen-bond donors (Lipinski definition) is 0. The summed E-state index contributed by atoms with van der Waals surface area (Å²) in [4.78, 5) is 0. The van der Waals surface area contributed by atoms with Crippen LogP contribution in [0.4, 0.5) is 0 Å². The normalized spacial score (nSPS) is 11.0. The van der Waals surface area contributed by atoms with E-state index in [1.54, 1.807) is 17.9 Å². The van der Waals surface area contributed by atoms with Gasteiger partial charge in [-0.05, 0) is 0 Å².